The summed E-state index contributed by atoms with van der Waals surface area (Å²) in [5, 5.41) is 2.30. The highest BCUT2D eigenvalue weighted by atomic mass is 16.6. The molecule has 0 fully saturated rings. The Morgan fingerprint density at radius 1 is 1.39 bits per heavy atom. The van der Waals surface area contributed by atoms with E-state index in [9.17, 15) is 9.59 Å². The molecule has 0 aliphatic rings. The van der Waals surface area contributed by atoms with E-state index in [1.165, 1.54) is 11.9 Å². The summed E-state index contributed by atoms with van der Waals surface area (Å²) in [5.74, 6) is 2.36. The second kappa shape index (κ2) is 7.43. The van der Waals surface area contributed by atoms with Crippen LogP contribution >= 0.6 is 0 Å². The molecule has 0 aliphatic carbocycles. The highest BCUT2D eigenvalue weighted by Crippen LogP contribution is 2.09. The Kier molecular flexibility index (Phi) is 6.65. The zero-order valence-electron chi connectivity index (χ0n) is 11.3. The molecule has 2 amide bonds. The van der Waals surface area contributed by atoms with Crippen LogP contribution in [0.3, 0.4) is 0 Å². The first kappa shape index (κ1) is 16.1. The first-order chi connectivity index (χ1) is 8.30. The van der Waals surface area contributed by atoms with E-state index in [4.69, 9.17) is 15.9 Å². The Morgan fingerprint density at radius 2 is 2.00 bits per heavy atom. The van der Waals surface area contributed by atoms with E-state index in [1.54, 1.807) is 20.8 Å². The van der Waals surface area contributed by atoms with Gasteiger partial charge in [-0.3, -0.25) is 4.90 Å². The van der Waals surface area contributed by atoms with Crippen LogP contribution in [0.1, 0.15) is 20.8 Å². The number of carbonyl (C=O) groups is 2. The molecular weight excluding hydrogens is 236 g/mol. The molecule has 0 heterocycles. The van der Waals surface area contributed by atoms with E-state index in [0.29, 0.717) is 0 Å². The summed E-state index contributed by atoms with van der Waals surface area (Å²) in [7, 11) is 1.45. The summed E-state index contributed by atoms with van der Waals surface area (Å²) < 4.78 is 9.95. The maximum atomic E-state index is 11.7. The number of hydrogen-bond acceptors (Lipinski definition) is 4. The molecule has 6 nitrogen and oxygen atoms in total. The number of nitrogens with one attached hydrogen (secondary N) is 1. The third-order valence-corrected chi connectivity index (χ3v) is 1.73. The minimum atomic E-state index is -0.592. The predicted octanol–water partition coefficient (Wildman–Crippen LogP) is 1.21. The first-order valence-electron chi connectivity index (χ1n) is 5.56. The van der Waals surface area contributed by atoms with E-state index in [1.807, 2.05) is 0 Å². The van der Waals surface area contributed by atoms with Gasteiger partial charge >= 0.3 is 12.2 Å². The Balaban J connectivity index is 4.26. The second-order valence-electron chi connectivity index (χ2n) is 4.49. The van der Waals surface area contributed by atoms with Crippen molar-refractivity contribution in [2.24, 2.45) is 0 Å². The van der Waals surface area contributed by atoms with E-state index in [0.717, 1.165) is 0 Å². The van der Waals surface area contributed by atoms with Crippen LogP contribution in [0.15, 0.2) is 0 Å². The number of nitrogens with zero attached hydrogens (tertiary/aromatic N) is 1. The Labute approximate surface area is 108 Å². The molecule has 0 aromatic carbocycles. The van der Waals surface area contributed by atoms with Gasteiger partial charge in [0, 0.05) is 7.05 Å². The smallest absolute Gasteiger partial charge is 0.411 e. The highest BCUT2D eigenvalue weighted by molar-refractivity contribution is 5.69. The number of amides is 2. The Morgan fingerprint density at radius 3 is 2.44 bits per heavy atom. The lowest BCUT2D eigenvalue weighted by Gasteiger charge is -2.25. The summed E-state index contributed by atoms with van der Waals surface area (Å²) in [6.45, 7) is 5.64. The van der Waals surface area contributed by atoms with Gasteiger partial charge < -0.3 is 14.8 Å². The fourth-order valence-electron chi connectivity index (χ4n) is 0.992. The van der Waals surface area contributed by atoms with Crippen LogP contribution in [0.25, 0.3) is 0 Å². The lowest BCUT2D eigenvalue weighted by Crippen LogP contribution is -2.39. The fraction of sp³-hybridized carbons (Fsp3) is 0.667. The summed E-state index contributed by atoms with van der Waals surface area (Å²) in [6.07, 6.45) is 4.09. The molecular formula is C12H20N2O4. The molecule has 0 atom stereocenters. The number of ether oxygens (including phenoxy) is 2. The fourth-order valence-corrected chi connectivity index (χ4v) is 0.992. The molecule has 0 radical (unpaired) electrons. The number of terminal acetylenes is 1. The van der Waals surface area contributed by atoms with Crippen LogP contribution in [-0.2, 0) is 9.47 Å². The van der Waals surface area contributed by atoms with E-state index < -0.39 is 17.8 Å². The molecule has 0 aromatic heterocycles. The van der Waals surface area contributed by atoms with Crippen molar-refractivity contribution in [1.82, 2.24) is 10.2 Å². The molecule has 0 saturated carbocycles. The van der Waals surface area contributed by atoms with Crippen LogP contribution in [0.4, 0.5) is 9.59 Å². The average Bonchev–Trinajstić information content (AvgIpc) is 2.25. The summed E-state index contributed by atoms with van der Waals surface area (Å²) in [5.41, 5.74) is -0.592. The molecule has 1 N–H and O–H groups in total. The normalized spacial score (nSPS) is 10.2. The molecule has 0 aliphatic heterocycles. The Hall–Kier alpha value is -1.90. The van der Waals surface area contributed by atoms with Crippen molar-refractivity contribution in [2.45, 2.75) is 26.4 Å². The van der Waals surface area contributed by atoms with Crippen molar-refractivity contribution in [2.75, 3.05) is 26.7 Å². The summed E-state index contributed by atoms with van der Waals surface area (Å²) in [4.78, 5) is 23.9. The summed E-state index contributed by atoms with van der Waals surface area (Å²) >= 11 is 0. The quantitative estimate of drug-likeness (QED) is 0.768. The van der Waals surface area contributed by atoms with Gasteiger partial charge in [-0.15, -0.1) is 6.42 Å². The minimum absolute atomic E-state index is 0.0561. The molecule has 0 saturated heterocycles. The highest BCUT2D eigenvalue weighted by Gasteiger charge is 2.21. The van der Waals surface area contributed by atoms with E-state index in [2.05, 4.69) is 11.2 Å². The molecule has 6 heteroatoms. The van der Waals surface area contributed by atoms with E-state index in [-0.39, 0.29) is 19.7 Å². The molecule has 18 heavy (non-hydrogen) atoms. The van der Waals surface area contributed by atoms with Crippen LogP contribution in [0, 0.1) is 12.3 Å². The predicted molar refractivity (Wildman–Crippen MR) is 67.0 cm³/mol. The van der Waals surface area contributed by atoms with Crippen molar-refractivity contribution in [3.05, 3.63) is 0 Å². The largest absolute Gasteiger partial charge is 0.448 e. The maximum absolute atomic E-state index is 11.7. The topological polar surface area (TPSA) is 67.9 Å². The Bertz CT molecular complexity index is 328. The minimum Gasteiger partial charge on any atom is -0.448 e. The van der Waals surface area contributed by atoms with Crippen molar-refractivity contribution in [1.29, 1.82) is 0 Å². The van der Waals surface area contributed by atoms with Gasteiger partial charge in [-0.1, -0.05) is 5.92 Å². The SMILES string of the molecule is C#CCN(CCOC(=O)NC)C(=O)OC(C)(C)C. The number of hydrogen-bond donors (Lipinski definition) is 1. The average molecular weight is 256 g/mol. The molecule has 0 unspecified atom stereocenters. The van der Waals surface area contributed by atoms with Gasteiger partial charge in [0.15, 0.2) is 0 Å². The lowest BCUT2D eigenvalue weighted by molar-refractivity contribution is 0.0236. The zero-order valence-corrected chi connectivity index (χ0v) is 11.3. The third-order valence-electron chi connectivity index (χ3n) is 1.73. The zero-order chi connectivity index (χ0) is 14.2. The van der Waals surface area contributed by atoms with Gasteiger partial charge in [-0.05, 0) is 20.8 Å². The van der Waals surface area contributed by atoms with Gasteiger partial charge in [-0.2, -0.15) is 0 Å². The van der Waals surface area contributed by atoms with Crippen LogP contribution in [0.5, 0.6) is 0 Å². The van der Waals surface area contributed by atoms with Gasteiger partial charge in [0.1, 0.15) is 12.2 Å². The number of alkyl carbamates (subject to hydrolysis) is 1. The lowest BCUT2D eigenvalue weighted by atomic mass is 10.2. The standard InChI is InChI=1S/C12H20N2O4/c1-6-7-14(8-9-17-10(15)13-5)11(16)18-12(2,3)4/h1H,7-9H2,2-5H3,(H,13,15). The monoisotopic (exact) mass is 256 g/mol. The van der Waals surface area contributed by atoms with Gasteiger partial charge in [0.05, 0.1) is 13.1 Å². The molecule has 0 spiro atoms. The van der Waals surface area contributed by atoms with Crippen molar-refractivity contribution < 1.29 is 19.1 Å². The van der Waals surface area contributed by atoms with Crippen molar-refractivity contribution >= 4 is 12.2 Å². The van der Waals surface area contributed by atoms with Gasteiger partial charge in [0.25, 0.3) is 0 Å². The van der Waals surface area contributed by atoms with E-state index >= 15 is 0 Å². The van der Waals surface area contributed by atoms with Crippen LogP contribution in [-0.4, -0.2) is 49.4 Å². The maximum Gasteiger partial charge on any atom is 0.411 e. The first-order valence-corrected chi connectivity index (χ1v) is 5.56. The number of carbonyl (C=O) groups excluding carboxylic acids is 2. The molecule has 0 aromatic rings. The molecule has 0 rings (SSSR count). The molecule has 0 bridgehead atoms. The van der Waals surface area contributed by atoms with Crippen molar-refractivity contribution in [3.63, 3.8) is 0 Å². The summed E-state index contributed by atoms with van der Waals surface area (Å²) in [6, 6.07) is 0. The number of rotatable bonds is 4. The van der Waals surface area contributed by atoms with Gasteiger partial charge in [-0.25, -0.2) is 9.59 Å². The van der Waals surface area contributed by atoms with Crippen LogP contribution < -0.4 is 5.32 Å². The van der Waals surface area contributed by atoms with Gasteiger partial charge in [0.2, 0.25) is 0 Å². The second-order valence-corrected chi connectivity index (χ2v) is 4.49. The van der Waals surface area contributed by atoms with Crippen LogP contribution in [0.2, 0.25) is 0 Å². The van der Waals surface area contributed by atoms with Crippen molar-refractivity contribution in [3.8, 4) is 12.3 Å². The third kappa shape index (κ3) is 7.39. The molecule has 102 valence electrons.